The second-order valence-corrected chi connectivity index (χ2v) is 8.96. The molecule has 4 fully saturated rings. The molecule has 0 atom stereocenters. The summed E-state index contributed by atoms with van der Waals surface area (Å²) < 4.78 is 0. The maximum atomic E-state index is 12.4. The summed E-state index contributed by atoms with van der Waals surface area (Å²) >= 11 is 0. The predicted molar refractivity (Wildman–Crippen MR) is 101 cm³/mol. The Morgan fingerprint density at radius 2 is 1.50 bits per heavy atom. The van der Waals surface area contributed by atoms with Gasteiger partial charge in [-0.2, -0.15) is 0 Å². The molecule has 0 aromatic carbocycles. The van der Waals surface area contributed by atoms with Crippen molar-refractivity contribution >= 4 is 5.91 Å². The van der Waals surface area contributed by atoms with Crippen molar-refractivity contribution in [2.75, 3.05) is 6.54 Å². The monoisotopic (exact) mass is 329 g/mol. The van der Waals surface area contributed by atoms with Gasteiger partial charge in [0.15, 0.2) is 0 Å². The Hall–Kier alpha value is -1.05. The van der Waals surface area contributed by atoms with Gasteiger partial charge in [0.2, 0.25) is 5.91 Å². The molecular formula is C22H35NO. The number of carbonyl (C=O) groups excluding carboxylic acids is 1. The highest BCUT2D eigenvalue weighted by atomic mass is 16.2. The van der Waals surface area contributed by atoms with Crippen LogP contribution in [-0.4, -0.2) is 23.4 Å². The van der Waals surface area contributed by atoms with Crippen LogP contribution in [0.1, 0.15) is 72.6 Å². The molecule has 0 spiro atoms. The lowest BCUT2D eigenvalue weighted by Crippen LogP contribution is -2.57. The van der Waals surface area contributed by atoms with Crippen LogP contribution in [0.2, 0.25) is 0 Å². The number of allylic oxidation sites excluding steroid dienone is 3. The van der Waals surface area contributed by atoms with E-state index in [2.05, 4.69) is 37.8 Å². The zero-order valence-corrected chi connectivity index (χ0v) is 16.1. The number of rotatable bonds is 6. The van der Waals surface area contributed by atoms with Crippen molar-refractivity contribution < 1.29 is 4.79 Å². The third kappa shape index (κ3) is 3.95. The van der Waals surface area contributed by atoms with Gasteiger partial charge >= 0.3 is 0 Å². The second kappa shape index (κ2) is 7.45. The zero-order valence-electron chi connectivity index (χ0n) is 16.1. The van der Waals surface area contributed by atoms with Crippen LogP contribution in [0.3, 0.4) is 0 Å². The Morgan fingerprint density at radius 3 is 2.00 bits per heavy atom. The minimum absolute atomic E-state index is 0.279. The summed E-state index contributed by atoms with van der Waals surface area (Å²) in [4.78, 5) is 14.6. The van der Waals surface area contributed by atoms with E-state index in [1.165, 1.54) is 43.3 Å². The molecule has 0 saturated heterocycles. The Bertz CT molecular complexity index is 498. The summed E-state index contributed by atoms with van der Waals surface area (Å²) in [6.07, 6.45) is 13.8. The molecular weight excluding hydrogens is 294 g/mol. The van der Waals surface area contributed by atoms with Gasteiger partial charge in [-0.15, -0.1) is 0 Å². The number of nitrogens with zero attached hydrogens (tertiary/aromatic N) is 1. The highest BCUT2D eigenvalue weighted by Gasteiger charge is 2.50. The number of hydrogen-bond acceptors (Lipinski definition) is 1. The van der Waals surface area contributed by atoms with Crippen LogP contribution in [0.5, 0.6) is 0 Å². The molecule has 0 heterocycles. The van der Waals surface area contributed by atoms with Crippen LogP contribution < -0.4 is 0 Å². The van der Waals surface area contributed by atoms with Gasteiger partial charge in [0.1, 0.15) is 0 Å². The van der Waals surface area contributed by atoms with E-state index >= 15 is 0 Å². The van der Waals surface area contributed by atoms with E-state index < -0.39 is 0 Å². The fourth-order valence-corrected chi connectivity index (χ4v) is 5.81. The Labute approximate surface area is 148 Å². The molecule has 2 nitrogen and oxygen atoms in total. The van der Waals surface area contributed by atoms with Crippen LogP contribution in [0.15, 0.2) is 23.3 Å². The van der Waals surface area contributed by atoms with Crippen molar-refractivity contribution in [3.63, 3.8) is 0 Å². The maximum Gasteiger partial charge on any atom is 0.219 e. The van der Waals surface area contributed by atoms with E-state index in [0.29, 0.717) is 6.04 Å². The predicted octanol–water partition coefficient (Wildman–Crippen LogP) is 5.35. The quantitative estimate of drug-likeness (QED) is 0.601. The standard InChI is InChI=1S/C22H35NO/c1-15(2)6-5-7-16(3)8-9-23(17(4)24)22-20-11-18-10-19(13-20)14-21(22)12-18/h6,8,18-22H,5,7,9-14H2,1-4H3/b16-8+. The van der Waals surface area contributed by atoms with E-state index in [1.807, 2.05) is 0 Å². The van der Waals surface area contributed by atoms with E-state index in [4.69, 9.17) is 0 Å². The first-order valence-corrected chi connectivity index (χ1v) is 10.00. The molecule has 1 amide bonds. The van der Waals surface area contributed by atoms with Crippen molar-refractivity contribution in [2.45, 2.75) is 78.7 Å². The average molecular weight is 330 g/mol. The molecule has 4 aliphatic carbocycles. The molecule has 0 aromatic heterocycles. The van der Waals surface area contributed by atoms with Crippen molar-refractivity contribution in [1.29, 1.82) is 0 Å². The van der Waals surface area contributed by atoms with Gasteiger partial charge in [0.05, 0.1) is 0 Å². The number of amides is 1. The highest BCUT2D eigenvalue weighted by molar-refractivity contribution is 5.74. The summed E-state index contributed by atoms with van der Waals surface area (Å²) in [6.45, 7) is 9.13. The van der Waals surface area contributed by atoms with E-state index in [0.717, 1.165) is 43.1 Å². The Balaban J connectivity index is 1.63. The van der Waals surface area contributed by atoms with E-state index in [9.17, 15) is 4.79 Å². The lowest BCUT2D eigenvalue weighted by Gasteiger charge is -2.57. The number of carbonyl (C=O) groups is 1. The van der Waals surface area contributed by atoms with Crippen molar-refractivity contribution in [2.24, 2.45) is 23.7 Å². The molecule has 4 saturated carbocycles. The molecule has 4 bridgehead atoms. The summed E-state index contributed by atoms with van der Waals surface area (Å²) in [5.74, 6) is 3.78. The second-order valence-electron chi connectivity index (χ2n) is 8.96. The lowest BCUT2D eigenvalue weighted by atomic mass is 9.54. The summed E-state index contributed by atoms with van der Waals surface area (Å²) in [6, 6.07) is 0.525. The molecule has 0 N–H and O–H groups in total. The molecule has 4 aliphatic rings. The zero-order chi connectivity index (χ0) is 17.3. The van der Waals surface area contributed by atoms with Gasteiger partial charge in [0.25, 0.3) is 0 Å². The fourth-order valence-electron chi connectivity index (χ4n) is 5.81. The summed E-state index contributed by atoms with van der Waals surface area (Å²) in [5, 5.41) is 0. The van der Waals surface area contributed by atoms with E-state index in [-0.39, 0.29) is 5.91 Å². The molecule has 0 aliphatic heterocycles. The lowest BCUT2D eigenvalue weighted by molar-refractivity contribution is -0.140. The first-order chi connectivity index (χ1) is 11.4. The number of hydrogen-bond donors (Lipinski definition) is 0. The van der Waals surface area contributed by atoms with Crippen LogP contribution in [0, 0.1) is 23.7 Å². The normalized spacial score (nSPS) is 34.3. The van der Waals surface area contributed by atoms with Crippen LogP contribution in [-0.2, 0) is 4.79 Å². The van der Waals surface area contributed by atoms with Crippen LogP contribution in [0.4, 0.5) is 0 Å². The van der Waals surface area contributed by atoms with Crippen LogP contribution >= 0.6 is 0 Å². The third-order valence-corrected chi connectivity index (χ3v) is 6.67. The molecule has 24 heavy (non-hydrogen) atoms. The van der Waals surface area contributed by atoms with Gasteiger partial charge in [-0.25, -0.2) is 0 Å². The highest BCUT2D eigenvalue weighted by Crippen LogP contribution is 2.55. The first kappa shape index (κ1) is 17.8. The SMILES string of the molecule is CC(=O)N(C/C=C(\C)CCC=C(C)C)C1C2CC3CC(C2)CC1C3. The summed E-state index contributed by atoms with van der Waals surface area (Å²) in [5.41, 5.74) is 2.81. The third-order valence-electron chi connectivity index (χ3n) is 6.67. The first-order valence-electron chi connectivity index (χ1n) is 10.00. The average Bonchev–Trinajstić information content (AvgIpc) is 2.48. The van der Waals surface area contributed by atoms with Gasteiger partial charge in [-0.05, 0) is 89.4 Å². The van der Waals surface area contributed by atoms with Gasteiger partial charge in [-0.1, -0.05) is 23.3 Å². The molecule has 4 rings (SSSR count). The molecule has 2 heteroatoms. The molecule has 0 unspecified atom stereocenters. The molecule has 0 radical (unpaired) electrons. The van der Waals surface area contributed by atoms with Crippen molar-refractivity contribution in [3.8, 4) is 0 Å². The van der Waals surface area contributed by atoms with E-state index in [1.54, 1.807) is 6.92 Å². The van der Waals surface area contributed by atoms with Crippen LogP contribution in [0.25, 0.3) is 0 Å². The fraction of sp³-hybridized carbons (Fsp3) is 0.773. The van der Waals surface area contributed by atoms with Crippen molar-refractivity contribution in [1.82, 2.24) is 4.90 Å². The topological polar surface area (TPSA) is 20.3 Å². The summed E-state index contributed by atoms with van der Waals surface area (Å²) in [7, 11) is 0. The van der Waals surface area contributed by atoms with Gasteiger partial charge in [0, 0.05) is 19.5 Å². The Morgan fingerprint density at radius 1 is 0.917 bits per heavy atom. The molecule has 0 aromatic rings. The minimum atomic E-state index is 0.279. The van der Waals surface area contributed by atoms with Gasteiger partial charge < -0.3 is 4.90 Å². The van der Waals surface area contributed by atoms with Crippen molar-refractivity contribution in [3.05, 3.63) is 23.3 Å². The molecule has 134 valence electrons. The minimum Gasteiger partial charge on any atom is -0.336 e. The largest absolute Gasteiger partial charge is 0.336 e. The van der Waals surface area contributed by atoms with Gasteiger partial charge in [-0.3, -0.25) is 4.79 Å². The smallest absolute Gasteiger partial charge is 0.219 e. The Kier molecular flexibility index (Phi) is 5.52. The maximum absolute atomic E-state index is 12.4.